The van der Waals surface area contributed by atoms with E-state index in [4.69, 9.17) is 11.6 Å². The van der Waals surface area contributed by atoms with Crippen LogP contribution in [-0.2, 0) is 15.0 Å². The summed E-state index contributed by atoms with van der Waals surface area (Å²) in [7, 11) is 0. The monoisotopic (exact) mass is 431 g/mol. The number of aliphatic hydroxyl groups excluding tert-OH is 1. The Bertz CT molecular complexity index is 976. The Kier molecular flexibility index (Phi) is 5.77. The molecule has 2 aliphatic heterocycles. The lowest BCUT2D eigenvalue weighted by Crippen LogP contribution is -2.48. The third kappa shape index (κ3) is 3.93. The largest absolute Gasteiger partial charge is 0.387 e. The van der Waals surface area contributed by atoms with E-state index >= 15 is 0 Å². The molecular formula is C22H23ClFN3O3. The normalized spacial score (nSPS) is 17.8. The number of nitrogens with zero attached hydrogens (tertiary/aromatic N) is 2. The fourth-order valence-corrected chi connectivity index (χ4v) is 4.66. The van der Waals surface area contributed by atoms with Crippen LogP contribution in [0.1, 0.15) is 18.4 Å². The molecule has 4 rings (SSSR count). The number of amides is 2. The topological polar surface area (TPSA) is 72.9 Å². The van der Waals surface area contributed by atoms with Gasteiger partial charge in [0.1, 0.15) is 12.4 Å². The molecule has 2 aromatic rings. The average Bonchev–Trinajstić information content (AvgIpc) is 3.06. The minimum absolute atomic E-state index is 0.0328. The summed E-state index contributed by atoms with van der Waals surface area (Å²) in [6.07, 6.45) is 1.63. The lowest BCUT2D eigenvalue weighted by Gasteiger charge is -2.39. The number of carbonyl (C=O) groups excluding carboxylic acids is 2. The minimum Gasteiger partial charge on any atom is -0.387 e. The summed E-state index contributed by atoms with van der Waals surface area (Å²) in [5.41, 5.74) is 2.31. The number of likely N-dealkylation sites (tertiary alicyclic amines) is 1. The van der Waals surface area contributed by atoms with Gasteiger partial charge in [0, 0.05) is 23.3 Å². The van der Waals surface area contributed by atoms with Crippen molar-refractivity contribution < 1.29 is 19.1 Å². The van der Waals surface area contributed by atoms with E-state index in [1.165, 1.54) is 18.2 Å². The molecule has 2 aliphatic rings. The summed E-state index contributed by atoms with van der Waals surface area (Å²) in [4.78, 5) is 28.4. The Morgan fingerprint density at radius 2 is 1.90 bits per heavy atom. The van der Waals surface area contributed by atoms with Gasteiger partial charge in [0.2, 0.25) is 5.91 Å². The molecule has 0 aliphatic carbocycles. The molecule has 1 fully saturated rings. The van der Waals surface area contributed by atoms with E-state index in [-0.39, 0.29) is 28.8 Å². The summed E-state index contributed by atoms with van der Waals surface area (Å²) in [5.74, 6) is -1.00. The van der Waals surface area contributed by atoms with Gasteiger partial charge in [-0.05, 0) is 55.8 Å². The average molecular weight is 432 g/mol. The van der Waals surface area contributed by atoms with E-state index < -0.39 is 12.4 Å². The standard InChI is InChI=1S/C22H23ClFN3O3/c23-17-11-15(5-6-18(17)24)25-20(29)12-26-9-7-22(8-10-26)14-27(21(30)13-28)19-4-2-1-3-16(19)22/h1-6,11,28H,7-10,12-14H2,(H,25,29). The highest BCUT2D eigenvalue weighted by Gasteiger charge is 2.46. The van der Waals surface area contributed by atoms with Crippen molar-refractivity contribution in [1.82, 2.24) is 4.90 Å². The molecule has 2 amide bonds. The molecule has 158 valence electrons. The molecule has 1 spiro atoms. The van der Waals surface area contributed by atoms with Gasteiger partial charge in [-0.3, -0.25) is 14.5 Å². The highest BCUT2D eigenvalue weighted by Crippen LogP contribution is 2.46. The molecule has 2 N–H and O–H groups in total. The molecule has 30 heavy (non-hydrogen) atoms. The molecule has 6 nitrogen and oxygen atoms in total. The van der Waals surface area contributed by atoms with E-state index in [2.05, 4.69) is 16.3 Å². The van der Waals surface area contributed by atoms with Crippen LogP contribution in [0.25, 0.3) is 0 Å². The number of hydrogen-bond acceptors (Lipinski definition) is 4. The molecule has 2 aromatic carbocycles. The zero-order valence-electron chi connectivity index (χ0n) is 16.4. The number of benzene rings is 2. The van der Waals surface area contributed by atoms with Crippen molar-refractivity contribution in [3.63, 3.8) is 0 Å². The number of rotatable bonds is 4. The number of fused-ring (bicyclic) bond motifs is 2. The second-order valence-corrected chi connectivity index (χ2v) is 8.30. The summed E-state index contributed by atoms with van der Waals surface area (Å²) in [5, 5.41) is 12.0. The van der Waals surface area contributed by atoms with Crippen LogP contribution in [0.2, 0.25) is 5.02 Å². The first-order valence-electron chi connectivity index (χ1n) is 9.90. The van der Waals surface area contributed by atoms with Crippen molar-refractivity contribution in [2.45, 2.75) is 18.3 Å². The van der Waals surface area contributed by atoms with Gasteiger partial charge < -0.3 is 15.3 Å². The van der Waals surface area contributed by atoms with Gasteiger partial charge in [-0.1, -0.05) is 29.8 Å². The number of nitrogens with one attached hydrogen (secondary N) is 1. The second kappa shape index (κ2) is 8.34. The van der Waals surface area contributed by atoms with Gasteiger partial charge in [-0.25, -0.2) is 4.39 Å². The third-order valence-electron chi connectivity index (χ3n) is 6.05. The van der Waals surface area contributed by atoms with Crippen LogP contribution in [0.3, 0.4) is 0 Å². The zero-order chi connectivity index (χ0) is 21.3. The molecule has 8 heteroatoms. The van der Waals surface area contributed by atoms with Crippen molar-refractivity contribution >= 4 is 34.8 Å². The molecule has 1 saturated heterocycles. The number of para-hydroxylation sites is 1. The van der Waals surface area contributed by atoms with Crippen molar-refractivity contribution in [2.24, 2.45) is 0 Å². The maximum Gasteiger partial charge on any atom is 0.252 e. The Morgan fingerprint density at radius 1 is 1.17 bits per heavy atom. The fourth-order valence-electron chi connectivity index (χ4n) is 4.48. The zero-order valence-corrected chi connectivity index (χ0v) is 17.2. The quantitative estimate of drug-likeness (QED) is 0.780. The van der Waals surface area contributed by atoms with Crippen LogP contribution in [0.15, 0.2) is 42.5 Å². The van der Waals surface area contributed by atoms with Crippen LogP contribution in [0.5, 0.6) is 0 Å². The summed E-state index contributed by atoms with van der Waals surface area (Å²) in [6, 6.07) is 11.9. The highest BCUT2D eigenvalue weighted by atomic mass is 35.5. The maximum atomic E-state index is 13.3. The van der Waals surface area contributed by atoms with Gasteiger partial charge in [0.25, 0.3) is 5.91 Å². The van der Waals surface area contributed by atoms with Gasteiger partial charge >= 0.3 is 0 Å². The van der Waals surface area contributed by atoms with E-state index in [0.717, 1.165) is 24.1 Å². The number of anilines is 2. The van der Waals surface area contributed by atoms with E-state index in [1.807, 2.05) is 18.2 Å². The molecule has 0 atom stereocenters. The first-order valence-corrected chi connectivity index (χ1v) is 10.3. The first kappa shape index (κ1) is 20.8. The van der Waals surface area contributed by atoms with Gasteiger partial charge in [0.15, 0.2) is 0 Å². The van der Waals surface area contributed by atoms with E-state index in [1.54, 1.807) is 4.90 Å². The number of halogens is 2. The molecule has 0 saturated carbocycles. The Labute approximate surface area is 179 Å². The smallest absolute Gasteiger partial charge is 0.252 e. The third-order valence-corrected chi connectivity index (χ3v) is 6.34. The number of hydrogen-bond donors (Lipinski definition) is 2. The first-order chi connectivity index (χ1) is 14.4. The van der Waals surface area contributed by atoms with Crippen LogP contribution in [0, 0.1) is 5.82 Å². The van der Waals surface area contributed by atoms with Gasteiger partial charge in [0.05, 0.1) is 11.6 Å². The Hall–Kier alpha value is -2.48. The Morgan fingerprint density at radius 3 is 2.60 bits per heavy atom. The number of piperidine rings is 1. The van der Waals surface area contributed by atoms with Crippen LogP contribution in [0.4, 0.5) is 15.8 Å². The lowest BCUT2D eigenvalue weighted by molar-refractivity contribution is -0.121. The Balaban J connectivity index is 1.39. The highest BCUT2D eigenvalue weighted by molar-refractivity contribution is 6.31. The van der Waals surface area contributed by atoms with Crippen molar-refractivity contribution in [3.8, 4) is 0 Å². The molecular weight excluding hydrogens is 409 g/mol. The molecule has 0 unspecified atom stereocenters. The van der Waals surface area contributed by atoms with E-state index in [0.29, 0.717) is 25.3 Å². The SMILES string of the molecule is O=C(CN1CCC2(CC1)CN(C(=O)CO)c1ccccc12)Nc1ccc(F)c(Cl)c1. The van der Waals surface area contributed by atoms with Crippen LogP contribution < -0.4 is 10.2 Å². The van der Waals surface area contributed by atoms with Crippen molar-refractivity contribution in [2.75, 3.05) is 43.0 Å². The summed E-state index contributed by atoms with van der Waals surface area (Å²) >= 11 is 5.76. The van der Waals surface area contributed by atoms with Crippen molar-refractivity contribution in [1.29, 1.82) is 0 Å². The lowest BCUT2D eigenvalue weighted by atomic mass is 9.74. The molecule has 0 aromatic heterocycles. The molecule has 0 radical (unpaired) electrons. The van der Waals surface area contributed by atoms with Crippen LogP contribution >= 0.6 is 11.6 Å². The van der Waals surface area contributed by atoms with Gasteiger partial charge in [-0.15, -0.1) is 0 Å². The van der Waals surface area contributed by atoms with Gasteiger partial charge in [-0.2, -0.15) is 0 Å². The van der Waals surface area contributed by atoms with E-state index in [9.17, 15) is 19.1 Å². The maximum absolute atomic E-state index is 13.3. The fraction of sp³-hybridized carbons (Fsp3) is 0.364. The van der Waals surface area contributed by atoms with Crippen molar-refractivity contribution in [3.05, 3.63) is 58.9 Å². The minimum atomic E-state index is -0.526. The number of aliphatic hydroxyl groups is 1. The van der Waals surface area contributed by atoms with Crippen LogP contribution in [-0.4, -0.2) is 54.6 Å². The predicted molar refractivity (Wildman–Crippen MR) is 113 cm³/mol. The number of carbonyl (C=O) groups is 2. The molecule has 2 heterocycles. The summed E-state index contributed by atoms with van der Waals surface area (Å²) in [6.45, 7) is 1.70. The molecule has 0 bridgehead atoms. The summed E-state index contributed by atoms with van der Waals surface area (Å²) < 4.78 is 13.3. The predicted octanol–water partition coefficient (Wildman–Crippen LogP) is 2.79. The second-order valence-electron chi connectivity index (χ2n) is 7.89.